The molecule has 4 atom stereocenters. The first-order valence-electron chi connectivity index (χ1n) is 5.41. The van der Waals surface area contributed by atoms with Crippen molar-refractivity contribution in [1.82, 2.24) is 9.55 Å². The van der Waals surface area contributed by atoms with E-state index in [1.807, 2.05) is 0 Å². The molecule has 8 heteroatoms. The molecule has 0 aliphatic carbocycles. The van der Waals surface area contributed by atoms with Crippen molar-refractivity contribution in [3.8, 4) is 0 Å². The third kappa shape index (κ3) is 2.26. The molecule has 0 saturated carbocycles. The number of ether oxygens (including phenoxy) is 1. The van der Waals surface area contributed by atoms with Gasteiger partial charge < -0.3 is 19.9 Å². The zero-order valence-corrected chi connectivity index (χ0v) is 11.2. The van der Waals surface area contributed by atoms with Crippen LogP contribution in [0.1, 0.15) is 13.2 Å². The van der Waals surface area contributed by atoms with Gasteiger partial charge >= 0.3 is 0 Å². The number of nitrogens with one attached hydrogen (secondary N) is 1. The van der Waals surface area contributed by atoms with Gasteiger partial charge in [-0.1, -0.05) is 19.1 Å². The summed E-state index contributed by atoms with van der Waals surface area (Å²) in [6.45, 7) is 1.44. The van der Waals surface area contributed by atoms with Crippen LogP contribution in [-0.2, 0) is 4.74 Å². The largest absolute Gasteiger partial charge is 0.394 e. The Labute approximate surface area is 113 Å². The number of rotatable bonds is 2. The SMILES string of the molecule is CC1C(O)[C@@H](CO)O[C@H]1n1cc(F)c(=S)[nH]c1=S. The molecular weight excluding hydrogens is 279 g/mol. The third-order valence-corrected chi connectivity index (χ3v) is 3.67. The highest BCUT2D eigenvalue weighted by molar-refractivity contribution is 7.72. The fraction of sp³-hybridized carbons (Fsp3) is 0.600. The van der Waals surface area contributed by atoms with Crippen molar-refractivity contribution in [2.45, 2.75) is 25.4 Å². The van der Waals surface area contributed by atoms with E-state index in [1.165, 1.54) is 4.57 Å². The van der Waals surface area contributed by atoms with Crippen LogP contribution in [0.4, 0.5) is 4.39 Å². The second kappa shape index (κ2) is 5.14. The topological polar surface area (TPSA) is 70.4 Å². The lowest BCUT2D eigenvalue weighted by Crippen LogP contribution is -2.28. The summed E-state index contributed by atoms with van der Waals surface area (Å²) in [4.78, 5) is 2.55. The predicted octanol–water partition coefficient (Wildman–Crippen LogP) is 1.30. The Kier molecular flexibility index (Phi) is 3.93. The summed E-state index contributed by atoms with van der Waals surface area (Å²) in [6, 6.07) is 0. The average molecular weight is 292 g/mol. The minimum absolute atomic E-state index is 0.0684. The Hall–Kier alpha value is -0.670. The van der Waals surface area contributed by atoms with Crippen molar-refractivity contribution in [2.24, 2.45) is 5.92 Å². The Bertz CT molecular complexity index is 559. The summed E-state index contributed by atoms with van der Waals surface area (Å²) in [5.74, 6) is -0.936. The first-order chi connectivity index (χ1) is 8.45. The predicted molar refractivity (Wildman–Crippen MR) is 66.6 cm³/mol. The normalized spacial score (nSPS) is 31.8. The van der Waals surface area contributed by atoms with Crippen molar-refractivity contribution in [3.63, 3.8) is 0 Å². The van der Waals surface area contributed by atoms with E-state index in [2.05, 4.69) is 4.98 Å². The van der Waals surface area contributed by atoms with Gasteiger partial charge in [0.1, 0.15) is 17.0 Å². The molecule has 0 bridgehead atoms. The van der Waals surface area contributed by atoms with Crippen molar-refractivity contribution in [1.29, 1.82) is 0 Å². The van der Waals surface area contributed by atoms with Gasteiger partial charge in [-0.15, -0.1) is 0 Å². The Morgan fingerprint density at radius 1 is 1.56 bits per heavy atom. The standard InChI is InChI=1S/C10H13FN2O3S2/c1-4-7(15)6(3-14)16-9(4)13-2-5(11)8(17)12-10(13)18/h2,4,6-7,9,14-15H,3H2,1H3,(H,12,17,18)/t4?,6-,7?,9-/m1/s1. The lowest BCUT2D eigenvalue weighted by molar-refractivity contribution is -0.0473. The summed E-state index contributed by atoms with van der Waals surface area (Å²) < 4.78 is 20.4. The van der Waals surface area contributed by atoms with Crippen molar-refractivity contribution in [3.05, 3.63) is 21.4 Å². The van der Waals surface area contributed by atoms with Crippen LogP contribution in [0, 0.1) is 21.1 Å². The second-order valence-corrected chi connectivity index (χ2v) is 5.04. The Balaban J connectivity index is 2.42. The maximum absolute atomic E-state index is 13.4. The minimum Gasteiger partial charge on any atom is -0.394 e. The molecule has 1 saturated heterocycles. The van der Waals surface area contributed by atoms with Gasteiger partial charge in [0.05, 0.1) is 12.7 Å². The number of hydrogen-bond donors (Lipinski definition) is 3. The van der Waals surface area contributed by atoms with Gasteiger partial charge in [-0.2, -0.15) is 0 Å². The lowest BCUT2D eigenvalue weighted by atomic mass is 10.0. The molecule has 3 N–H and O–H groups in total. The summed E-state index contributed by atoms with van der Waals surface area (Å²) in [5.41, 5.74) is 0. The molecule has 0 amide bonds. The summed E-state index contributed by atoms with van der Waals surface area (Å²) in [5, 5.41) is 18.9. The van der Waals surface area contributed by atoms with Gasteiger partial charge in [0.2, 0.25) is 0 Å². The number of aliphatic hydroxyl groups is 2. The molecule has 5 nitrogen and oxygen atoms in total. The number of halogens is 1. The van der Waals surface area contributed by atoms with E-state index >= 15 is 0 Å². The van der Waals surface area contributed by atoms with Gasteiger partial charge in [-0.3, -0.25) is 4.57 Å². The quantitative estimate of drug-likeness (QED) is 0.717. The van der Waals surface area contributed by atoms with Crippen LogP contribution in [0.2, 0.25) is 0 Å². The maximum atomic E-state index is 13.4. The molecule has 1 aliphatic rings. The minimum atomic E-state index is -0.826. The van der Waals surface area contributed by atoms with Gasteiger partial charge in [0.25, 0.3) is 0 Å². The molecule has 2 rings (SSSR count). The molecule has 1 aromatic rings. The zero-order chi connectivity index (χ0) is 13.4. The number of aromatic amines is 1. The summed E-state index contributed by atoms with van der Waals surface area (Å²) in [7, 11) is 0. The zero-order valence-electron chi connectivity index (χ0n) is 9.54. The van der Waals surface area contributed by atoms with Crippen LogP contribution in [0.25, 0.3) is 0 Å². The summed E-state index contributed by atoms with van der Waals surface area (Å²) >= 11 is 9.79. The molecule has 2 unspecified atom stereocenters. The van der Waals surface area contributed by atoms with Crippen LogP contribution in [0.15, 0.2) is 6.20 Å². The van der Waals surface area contributed by atoms with E-state index in [0.717, 1.165) is 6.20 Å². The highest BCUT2D eigenvalue weighted by Gasteiger charge is 2.41. The van der Waals surface area contributed by atoms with Crippen molar-refractivity contribution >= 4 is 24.4 Å². The number of H-pyrrole nitrogens is 1. The van der Waals surface area contributed by atoms with Gasteiger partial charge in [-0.05, 0) is 12.2 Å². The number of nitrogens with zero attached hydrogens (tertiary/aromatic N) is 1. The first-order valence-corrected chi connectivity index (χ1v) is 6.22. The molecule has 18 heavy (non-hydrogen) atoms. The van der Waals surface area contributed by atoms with Gasteiger partial charge in [0, 0.05) is 12.1 Å². The molecular formula is C10H13FN2O3S2. The van der Waals surface area contributed by atoms with Gasteiger partial charge in [-0.25, -0.2) is 4.39 Å². The van der Waals surface area contributed by atoms with Crippen LogP contribution < -0.4 is 0 Å². The molecule has 0 spiro atoms. The number of hydrogen-bond acceptors (Lipinski definition) is 5. The highest BCUT2D eigenvalue weighted by atomic mass is 32.1. The fourth-order valence-electron chi connectivity index (χ4n) is 2.01. The molecule has 0 radical (unpaired) electrons. The van der Waals surface area contributed by atoms with E-state index in [-0.39, 0.29) is 21.9 Å². The highest BCUT2D eigenvalue weighted by Crippen LogP contribution is 2.34. The van der Waals surface area contributed by atoms with Crippen LogP contribution in [0.3, 0.4) is 0 Å². The van der Waals surface area contributed by atoms with E-state index in [0.29, 0.717) is 0 Å². The van der Waals surface area contributed by atoms with Crippen molar-refractivity contribution in [2.75, 3.05) is 6.61 Å². The molecule has 1 aliphatic heterocycles. The molecule has 2 heterocycles. The molecule has 0 aromatic carbocycles. The fourth-order valence-corrected chi connectivity index (χ4v) is 2.48. The van der Waals surface area contributed by atoms with Crippen LogP contribution >= 0.6 is 24.4 Å². The van der Waals surface area contributed by atoms with E-state index in [9.17, 15) is 9.50 Å². The maximum Gasteiger partial charge on any atom is 0.180 e. The third-order valence-electron chi connectivity index (χ3n) is 3.06. The van der Waals surface area contributed by atoms with E-state index in [4.69, 9.17) is 34.3 Å². The lowest BCUT2D eigenvalue weighted by Gasteiger charge is -2.19. The first kappa shape index (κ1) is 13.8. The van der Waals surface area contributed by atoms with Crippen LogP contribution in [-0.4, -0.2) is 38.6 Å². The number of aliphatic hydroxyl groups excluding tert-OH is 2. The smallest absolute Gasteiger partial charge is 0.180 e. The van der Waals surface area contributed by atoms with E-state index in [1.54, 1.807) is 6.92 Å². The number of aromatic nitrogens is 2. The molecule has 100 valence electrons. The van der Waals surface area contributed by atoms with Crippen molar-refractivity contribution < 1.29 is 19.3 Å². The molecule has 1 aromatic heterocycles. The van der Waals surface area contributed by atoms with Gasteiger partial charge in [0.15, 0.2) is 10.6 Å². The monoisotopic (exact) mass is 292 g/mol. The average Bonchev–Trinajstić information content (AvgIpc) is 2.61. The van der Waals surface area contributed by atoms with Crippen LogP contribution in [0.5, 0.6) is 0 Å². The Morgan fingerprint density at radius 2 is 2.22 bits per heavy atom. The van der Waals surface area contributed by atoms with E-state index < -0.39 is 24.3 Å². The second-order valence-electron chi connectivity index (χ2n) is 4.24. The summed E-state index contributed by atoms with van der Waals surface area (Å²) in [6.07, 6.45) is -1.01. The molecule has 1 fully saturated rings. The Morgan fingerprint density at radius 3 is 2.78 bits per heavy atom.